The van der Waals surface area contributed by atoms with Gasteiger partial charge in [0, 0.05) is 12.1 Å². The molecular weight excluding hydrogens is 253 g/mol. The van der Waals surface area contributed by atoms with E-state index in [1.54, 1.807) is 13.8 Å². The molecule has 0 bridgehead atoms. The normalized spacial score (nSPS) is 10.5. The number of anilines is 1. The molecule has 0 aliphatic rings. The van der Waals surface area contributed by atoms with Gasteiger partial charge in [0.1, 0.15) is 17.3 Å². The van der Waals surface area contributed by atoms with Crippen LogP contribution in [0.3, 0.4) is 0 Å². The van der Waals surface area contributed by atoms with Gasteiger partial charge in [-0.15, -0.1) is 0 Å². The lowest BCUT2D eigenvalue weighted by Gasteiger charge is -2.06. The zero-order chi connectivity index (χ0) is 14.0. The molecule has 0 fully saturated rings. The highest BCUT2D eigenvalue weighted by Crippen LogP contribution is 2.26. The maximum absolute atomic E-state index is 13.0. The van der Waals surface area contributed by atoms with Crippen molar-refractivity contribution in [2.75, 3.05) is 5.32 Å². The van der Waals surface area contributed by atoms with Crippen molar-refractivity contribution in [3.05, 3.63) is 51.1 Å². The summed E-state index contributed by atoms with van der Waals surface area (Å²) in [6.07, 6.45) is 0. The number of aryl methyl sites for hydroxylation is 2. The predicted octanol–water partition coefficient (Wildman–Crippen LogP) is 2.95. The molecule has 0 atom stereocenters. The maximum atomic E-state index is 13.0. The molecule has 0 spiro atoms. The monoisotopic (exact) mass is 265 g/mol. The molecule has 1 N–H and O–H groups in total. The summed E-state index contributed by atoms with van der Waals surface area (Å²) in [6, 6.07) is 3.39. The number of hydrogen-bond donors (Lipinski definition) is 1. The van der Waals surface area contributed by atoms with Gasteiger partial charge in [0.2, 0.25) is 0 Å². The van der Waals surface area contributed by atoms with Gasteiger partial charge in [0.25, 0.3) is 5.69 Å². The number of nitro groups is 1. The van der Waals surface area contributed by atoms with Crippen LogP contribution in [0.2, 0.25) is 0 Å². The van der Waals surface area contributed by atoms with E-state index in [-0.39, 0.29) is 11.4 Å². The number of rotatable bonds is 4. The van der Waals surface area contributed by atoms with Crippen molar-refractivity contribution < 1.29 is 13.8 Å². The van der Waals surface area contributed by atoms with Gasteiger partial charge in [-0.1, -0.05) is 5.16 Å². The SMILES string of the molecule is Cc1noc(C)c1CNc1ccc(F)cc1[N+](=O)[O-]. The number of aromatic nitrogens is 1. The van der Waals surface area contributed by atoms with E-state index in [1.807, 2.05) is 0 Å². The third kappa shape index (κ3) is 2.70. The standard InChI is InChI=1S/C12H12FN3O3/c1-7-10(8(2)19-15-7)6-14-11-4-3-9(13)5-12(11)16(17)18/h3-5,14H,6H2,1-2H3. The summed E-state index contributed by atoms with van der Waals surface area (Å²) in [5, 5.41) is 17.5. The highest BCUT2D eigenvalue weighted by atomic mass is 19.1. The first kappa shape index (κ1) is 13.0. The van der Waals surface area contributed by atoms with Gasteiger partial charge in [-0.25, -0.2) is 4.39 Å². The largest absolute Gasteiger partial charge is 0.375 e. The van der Waals surface area contributed by atoms with Crippen molar-refractivity contribution in [3.63, 3.8) is 0 Å². The Labute approximate surface area is 108 Å². The molecule has 0 saturated carbocycles. The van der Waals surface area contributed by atoms with Gasteiger partial charge in [-0.3, -0.25) is 10.1 Å². The fourth-order valence-electron chi connectivity index (χ4n) is 1.74. The summed E-state index contributed by atoms with van der Waals surface area (Å²) in [5.41, 5.74) is 1.51. The minimum atomic E-state index is -0.644. The first-order valence-corrected chi connectivity index (χ1v) is 5.58. The molecule has 1 heterocycles. The minimum absolute atomic E-state index is 0.256. The van der Waals surface area contributed by atoms with Gasteiger partial charge in [-0.05, 0) is 26.0 Å². The Bertz CT molecular complexity index is 605. The van der Waals surface area contributed by atoms with E-state index in [0.29, 0.717) is 12.3 Å². The van der Waals surface area contributed by atoms with Crippen LogP contribution in [0.1, 0.15) is 17.0 Å². The summed E-state index contributed by atoms with van der Waals surface area (Å²) in [5.74, 6) is 0.00403. The van der Waals surface area contributed by atoms with Crippen LogP contribution in [0.5, 0.6) is 0 Å². The highest BCUT2D eigenvalue weighted by Gasteiger charge is 2.16. The van der Waals surface area contributed by atoms with E-state index in [1.165, 1.54) is 12.1 Å². The second kappa shape index (κ2) is 5.05. The first-order valence-electron chi connectivity index (χ1n) is 5.58. The molecule has 0 aliphatic carbocycles. The van der Waals surface area contributed by atoms with Crippen LogP contribution >= 0.6 is 0 Å². The lowest BCUT2D eigenvalue weighted by Crippen LogP contribution is -2.04. The molecule has 6 nitrogen and oxygen atoms in total. The fourth-order valence-corrected chi connectivity index (χ4v) is 1.74. The summed E-state index contributed by atoms with van der Waals surface area (Å²) in [4.78, 5) is 10.2. The Hall–Kier alpha value is -2.44. The molecular formula is C12H12FN3O3. The second-order valence-corrected chi connectivity index (χ2v) is 4.07. The van der Waals surface area contributed by atoms with Gasteiger partial charge in [0.05, 0.1) is 16.7 Å². The number of nitrogens with zero attached hydrogens (tertiary/aromatic N) is 2. The Morgan fingerprint density at radius 2 is 2.21 bits per heavy atom. The molecule has 0 radical (unpaired) electrons. The molecule has 2 rings (SSSR count). The molecule has 1 aromatic heterocycles. The molecule has 19 heavy (non-hydrogen) atoms. The Morgan fingerprint density at radius 1 is 1.47 bits per heavy atom. The van der Waals surface area contributed by atoms with Crippen LogP contribution in [0.25, 0.3) is 0 Å². The summed E-state index contributed by atoms with van der Waals surface area (Å²) in [7, 11) is 0. The Balaban J connectivity index is 2.23. The van der Waals surface area contributed by atoms with Gasteiger partial charge in [-0.2, -0.15) is 0 Å². The van der Waals surface area contributed by atoms with E-state index in [9.17, 15) is 14.5 Å². The fraction of sp³-hybridized carbons (Fsp3) is 0.250. The van der Waals surface area contributed by atoms with Crippen molar-refractivity contribution in [1.29, 1.82) is 0 Å². The van der Waals surface area contributed by atoms with Crippen LogP contribution in [-0.2, 0) is 6.54 Å². The zero-order valence-electron chi connectivity index (χ0n) is 10.4. The van der Waals surface area contributed by atoms with Gasteiger partial charge < -0.3 is 9.84 Å². The summed E-state index contributed by atoms with van der Waals surface area (Å²) < 4.78 is 18.0. The van der Waals surface area contributed by atoms with Gasteiger partial charge in [0.15, 0.2) is 0 Å². The third-order valence-corrected chi connectivity index (χ3v) is 2.79. The first-order chi connectivity index (χ1) is 8.99. The Morgan fingerprint density at radius 3 is 2.79 bits per heavy atom. The lowest BCUT2D eigenvalue weighted by atomic mass is 10.2. The number of benzene rings is 1. The van der Waals surface area contributed by atoms with Crippen LogP contribution in [0.4, 0.5) is 15.8 Å². The second-order valence-electron chi connectivity index (χ2n) is 4.07. The summed E-state index contributed by atoms with van der Waals surface area (Å²) in [6.45, 7) is 3.87. The number of halogens is 1. The van der Waals surface area contributed by atoms with Crippen LogP contribution in [0, 0.1) is 29.8 Å². The molecule has 100 valence electrons. The molecule has 0 saturated heterocycles. The Kier molecular flexibility index (Phi) is 3.46. The molecule has 0 amide bonds. The summed E-state index contributed by atoms with van der Waals surface area (Å²) >= 11 is 0. The molecule has 7 heteroatoms. The highest BCUT2D eigenvalue weighted by molar-refractivity contribution is 5.61. The van der Waals surface area contributed by atoms with E-state index < -0.39 is 10.7 Å². The number of nitro benzene ring substituents is 1. The van der Waals surface area contributed by atoms with Crippen molar-refractivity contribution in [2.24, 2.45) is 0 Å². The zero-order valence-corrected chi connectivity index (χ0v) is 10.4. The predicted molar refractivity (Wildman–Crippen MR) is 66.4 cm³/mol. The van der Waals surface area contributed by atoms with E-state index in [2.05, 4.69) is 10.5 Å². The topological polar surface area (TPSA) is 81.2 Å². The van der Waals surface area contributed by atoms with E-state index >= 15 is 0 Å². The van der Waals surface area contributed by atoms with Crippen molar-refractivity contribution in [1.82, 2.24) is 5.16 Å². The van der Waals surface area contributed by atoms with Crippen LogP contribution in [0.15, 0.2) is 22.7 Å². The average Bonchev–Trinajstić information content (AvgIpc) is 2.68. The van der Waals surface area contributed by atoms with Crippen LogP contribution < -0.4 is 5.32 Å². The van der Waals surface area contributed by atoms with Gasteiger partial charge >= 0.3 is 0 Å². The molecule has 0 unspecified atom stereocenters. The number of nitrogens with one attached hydrogen (secondary N) is 1. The lowest BCUT2D eigenvalue weighted by molar-refractivity contribution is -0.384. The maximum Gasteiger partial charge on any atom is 0.295 e. The average molecular weight is 265 g/mol. The van der Waals surface area contributed by atoms with E-state index in [0.717, 1.165) is 17.3 Å². The van der Waals surface area contributed by atoms with Crippen molar-refractivity contribution >= 4 is 11.4 Å². The number of hydrogen-bond acceptors (Lipinski definition) is 5. The van der Waals surface area contributed by atoms with Crippen molar-refractivity contribution in [2.45, 2.75) is 20.4 Å². The quantitative estimate of drug-likeness (QED) is 0.679. The molecule has 2 aromatic rings. The molecule has 0 aliphatic heterocycles. The minimum Gasteiger partial charge on any atom is -0.375 e. The third-order valence-electron chi connectivity index (χ3n) is 2.79. The molecule has 1 aromatic carbocycles. The van der Waals surface area contributed by atoms with Crippen LogP contribution in [-0.4, -0.2) is 10.1 Å². The van der Waals surface area contributed by atoms with Crippen molar-refractivity contribution in [3.8, 4) is 0 Å². The van der Waals surface area contributed by atoms with E-state index in [4.69, 9.17) is 4.52 Å². The smallest absolute Gasteiger partial charge is 0.295 e.